The third kappa shape index (κ3) is 4.87. The number of carbonyl (C=O) groups excluding carboxylic acids is 1. The van der Waals surface area contributed by atoms with E-state index in [0.717, 1.165) is 25.9 Å². The zero-order valence-electron chi connectivity index (χ0n) is 15.5. The van der Waals surface area contributed by atoms with E-state index in [1.165, 1.54) is 12.1 Å². The molecule has 1 amide bonds. The first-order valence-corrected chi connectivity index (χ1v) is 9.37. The Hall–Kier alpha value is -2.03. The number of piperidine rings is 1. The van der Waals surface area contributed by atoms with E-state index in [-0.39, 0.29) is 36.1 Å². The van der Waals surface area contributed by atoms with E-state index in [4.69, 9.17) is 9.26 Å². The Bertz CT molecular complexity index is 780. The summed E-state index contributed by atoms with van der Waals surface area (Å²) in [5.41, 5.74) is 0.707. The smallest absolute Gasteiger partial charge is 0.231 e. The maximum atomic E-state index is 13.1. The molecule has 0 radical (unpaired) electrons. The molecule has 0 bridgehead atoms. The van der Waals surface area contributed by atoms with Crippen molar-refractivity contribution in [1.29, 1.82) is 0 Å². The van der Waals surface area contributed by atoms with Crippen molar-refractivity contribution in [2.75, 3.05) is 32.8 Å². The van der Waals surface area contributed by atoms with Crippen molar-refractivity contribution in [3.63, 3.8) is 0 Å². The van der Waals surface area contributed by atoms with E-state index in [1.807, 2.05) is 4.90 Å². The Labute approximate surface area is 169 Å². The summed E-state index contributed by atoms with van der Waals surface area (Å²) in [6, 6.07) is 6.07. The summed E-state index contributed by atoms with van der Waals surface area (Å²) < 4.78 is 23.9. The molecule has 2 aliphatic heterocycles. The van der Waals surface area contributed by atoms with E-state index in [1.54, 1.807) is 12.1 Å². The quantitative estimate of drug-likeness (QED) is 0.833. The van der Waals surface area contributed by atoms with Crippen LogP contribution in [0.2, 0.25) is 0 Å². The Morgan fingerprint density at radius 1 is 1.32 bits per heavy atom. The van der Waals surface area contributed by atoms with Crippen molar-refractivity contribution in [2.45, 2.75) is 31.2 Å². The lowest BCUT2D eigenvalue weighted by Gasteiger charge is -2.33. The lowest BCUT2D eigenvalue weighted by atomic mass is 9.97. The predicted octanol–water partition coefficient (Wildman–Crippen LogP) is 2.38. The fourth-order valence-electron chi connectivity index (χ4n) is 3.61. The molecule has 2 fully saturated rings. The molecule has 0 saturated carbocycles. The van der Waals surface area contributed by atoms with E-state index in [2.05, 4.69) is 15.5 Å². The third-order valence-electron chi connectivity index (χ3n) is 5.09. The number of aromatic nitrogens is 2. The van der Waals surface area contributed by atoms with Crippen LogP contribution < -0.4 is 5.32 Å². The second-order valence-electron chi connectivity index (χ2n) is 7.07. The van der Waals surface area contributed by atoms with Gasteiger partial charge in [0.1, 0.15) is 5.82 Å². The summed E-state index contributed by atoms with van der Waals surface area (Å²) in [5.74, 6) is 0.825. The summed E-state index contributed by atoms with van der Waals surface area (Å²) in [5, 5.41) is 7.33. The largest absolute Gasteiger partial charge is 0.378 e. The number of ether oxygens (including phenoxy) is 1. The predicted molar refractivity (Wildman–Crippen MR) is 103 cm³/mol. The average Bonchev–Trinajstić information content (AvgIpc) is 3.20. The van der Waals surface area contributed by atoms with Gasteiger partial charge in [0.25, 0.3) is 0 Å². The molecule has 1 aromatic carbocycles. The highest BCUT2D eigenvalue weighted by Gasteiger charge is 2.30. The molecule has 9 heteroatoms. The van der Waals surface area contributed by atoms with E-state index < -0.39 is 0 Å². The van der Waals surface area contributed by atoms with Gasteiger partial charge in [0.2, 0.25) is 17.6 Å². The van der Waals surface area contributed by atoms with Crippen molar-refractivity contribution < 1.29 is 18.4 Å². The number of benzene rings is 1. The van der Waals surface area contributed by atoms with Crippen LogP contribution in [0.1, 0.15) is 31.1 Å². The van der Waals surface area contributed by atoms with Gasteiger partial charge in [-0.15, -0.1) is 12.4 Å². The van der Waals surface area contributed by atoms with Gasteiger partial charge in [0, 0.05) is 37.7 Å². The first-order chi connectivity index (χ1) is 13.2. The van der Waals surface area contributed by atoms with Gasteiger partial charge < -0.3 is 19.5 Å². The maximum absolute atomic E-state index is 13.1. The Morgan fingerprint density at radius 2 is 2.14 bits per heavy atom. The second-order valence-corrected chi connectivity index (χ2v) is 7.07. The van der Waals surface area contributed by atoms with Crippen LogP contribution in [0, 0.1) is 5.82 Å². The number of rotatable bonds is 4. The van der Waals surface area contributed by atoms with Gasteiger partial charge in [0.15, 0.2) is 0 Å². The fourth-order valence-corrected chi connectivity index (χ4v) is 3.61. The Balaban J connectivity index is 0.00000225. The van der Waals surface area contributed by atoms with Gasteiger partial charge in [-0.3, -0.25) is 4.79 Å². The number of hydrogen-bond donors (Lipinski definition) is 1. The minimum atomic E-state index is -0.304. The average molecular weight is 411 g/mol. The van der Waals surface area contributed by atoms with Crippen molar-refractivity contribution >= 4 is 18.3 Å². The van der Waals surface area contributed by atoms with Crippen LogP contribution in [0.15, 0.2) is 28.8 Å². The lowest BCUT2D eigenvalue weighted by Crippen LogP contribution is -2.46. The lowest BCUT2D eigenvalue weighted by molar-refractivity contribution is -0.133. The molecule has 3 heterocycles. The van der Waals surface area contributed by atoms with Gasteiger partial charge in [-0.2, -0.15) is 4.98 Å². The minimum Gasteiger partial charge on any atom is -0.378 e. The summed E-state index contributed by atoms with van der Waals surface area (Å²) in [6.45, 7) is 3.39. The molecule has 0 spiro atoms. The van der Waals surface area contributed by atoms with E-state index >= 15 is 0 Å². The van der Waals surface area contributed by atoms with E-state index in [0.29, 0.717) is 43.5 Å². The van der Waals surface area contributed by atoms with Crippen molar-refractivity contribution in [1.82, 2.24) is 20.4 Å². The van der Waals surface area contributed by atoms with E-state index in [9.17, 15) is 9.18 Å². The highest BCUT2D eigenvalue weighted by molar-refractivity contribution is 5.85. The van der Waals surface area contributed by atoms with Crippen LogP contribution in [0.5, 0.6) is 0 Å². The third-order valence-corrected chi connectivity index (χ3v) is 5.09. The molecular weight excluding hydrogens is 387 g/mol. The first-order valence-electron chi connectivity index (χ1n) is 9.37. The van der Waals surface area contributed by atoms with Gasteiger partial charge in [0.05, 0.1) is 19.1 Å². The molecule has 2 atom stereocenters. The maximum Gasteiger partial charge on any atom is 0.231 e. The van der Waals surface area contributed by atoms with Crippen molar-refractivity contribution in [2.24, 2.45) is 0 Å². The summed E-state index contributed by atoms with van der Waals surface area (Å²) >= 11 is 0. The van der Waals surface area contributed by atoms with Crippen LogP contribution in [0.4, 0.5) is 4.39 Å². The zero-order valence-corrected chi connectivity index (χ0v) is 16.3. The van der Waals surface area contributed by atoms with Gasteiger partial charge >= 0.3 is 0 Å². The minimum absolute atomic E-state index is 0. The molecule has 4 rings (SSSR count). The van der Waals surface area contributed by atoms with Crippen LogP contribution >= 0.6 is 12.4 Å². The standard InChI is InChI=1S/C19H23FN4O3.ClH/c20-15-5-3-13(4-6-15)18-22-19(27-23-18)14-2-1-8-24(11-14)17(25)10-16-12-26-9-7-21-16;/h3-6,14,16,21H,1-2,7-12H2;1H. The van der Waals surface area contributed by atoms with Gasteiger partial charge in [-0.1, -0.05) is 5.16 Å². The first kappa shape index (κ1) is 20.7. The van der Waals surface area contributed by atoms with Gasteiger partial charge in [-0.25, -0.2) is 4.39 Å². The highest BCUT2D eigenvalue weighted by Crippen LogP contribution is 2.28. The number of nitrogens with zero attached hydrogens (tertiary/aromatic N) is 3. The molecule has 2 aromatic rings. The molecule has 28 heavy (non-hydrogen) atoms. The van der Waals surface area contributed by atoms with Crippen molar-refractivity contribution in [3.8, 4) is 11.4 Å². The van der Waals surface area contributed by atoms with Crippen LogP contribution in [0.25, 0.3) is 11.4 Å². The second kappa shape index (κ2) is 9.45. The molecule has 0 aliphatic carbocycles. The number of carbonyl (C=O) groups is 1. The van der Waals surface area contributed by atoms with Crippen molar-refractivity contribution in [3.05, 3.63) is 36.0 Å². The number of nitrogens with one attached hydrogen (secondary N) is 1. The number of hydrogen-bond acceptors (Lipinski definition) is 6. The van der Waals surface area contributed by atoms with Gasteiger partial charge in [-0.05, 0) is 37.1 Å². The topological polar surface area (TPSA) is 80.5 Å². The molecule has 2 aliphatic rings. The summed E-state index contributed by atoms with van der Waals surface area (Å²) in [7, 11) is 0. The Morgan fingerprint density at radius 3 is 2.89 bits per heavy atom. The van der Waals surface area contributed by atoms with Crippen LogP contribution in [-0.2, 0) is 9.53 Å². The normalized spacial score (nSPS) is 22.5. The highest BCUT2D eigenvalue weighted by atomic mass is 35.5. The summed E-state index contributed by atoms with van der Waals surface area (Å²) in [4.78, 5) is 19.0. The molecule has 1 aromatic heterocycles. The Kier molecular flexibility index (Phi) is 6.98. The molecule has 2 saturated heterocycles. The molecular formula is C19H24ClFN4O3. The molecule has 2 unspecified atom stereocenters. The number of morpholine rings is 1. The monoisotopic (exact) mass is 410 g/mol. The number of amides is 1. The number of halogens is 2. The summed E-state index contributed by atoms with van der Waals surface area (Å²) in [6.07, 6.45) is 2.25. The number of likely N-dealkylation sites (tertiary alicyclic amines) is 1. The van der Waals surface area contributed by atoms with Crippen LogP contribution in [-0.4, -0.2) is 59.8 Å². The fraction of sp³-hybridized carbons (Fsp3) is 0.526. The van der Waals surface area contributed by atoms with Crippen LogP contribution in [0.3, 0.4) is 0 Å². The molecule has 1 N–H and O–H groups in total. The molecule has 152 valence electrons. The SMILES string of the molecule is Cl.O=C(CC1COCCN1)N1CCCC(c2nc(-c3ccc(F)cc3)no2)C1. The zero-order chi connectivity index (χ0) is 18.6. The molecule has 7 nitrogen and oxygen atoms in total.